The van der Waals surface area contributed by atoms with Crippen molar-refractivity contribution in [3.05, 3.63) is 48.2 Å². The fourth-order valence-electron chi connectivity index (χ4n) is 3.89. The Morgan fingerprint density at radius 2 is 2.00 bits per heavy atom. The topological polar surface area (TPSA) is 46.1 Å². The molecule has 4 heteroatoms. The van der Waals surface area contributed by atoms with Gasteiger partial charge in [-0.25, -0.2) is 0 Å². The number of nitrogens with zero attached hydrogens (tertiary/aromatic N) is 1. The zero-order valence-corrected chi connectivity index (χ0v) is 12.8. The lowest BCUT2D eigenvalue weighted by molar-refractivity contribution is 0.0920. The SMILES string of the molecule is Cn1c(C(=O)NC2CC3CNC2C3)ccc1-c1ccccc1. The molecule has 1 aromatic carbocycles. The molecule has 2 N–H and O–H groups in total. The first-order valence-corrected chi connectivity index (χ1v) is 7.98. The van der Waals surface area contributed by atoms with Gasteiger partial charge >= 0.3 is 0 Å². The Morgan fingerprint density at radius 1 is 1.18 bits per heavy atom. The van der Waals surface area contributed by atoms with Crippen molar-refractivity contribution >= 4 is 5.91 Å². The lowest BCUT2D eigenvalue weighted by Gasteiger charge is -2.24. The van der Waals surface area contributed by atoms with Gasteiger partial charge in [0.2, 0.25) is 0 Å². The molecule has 2 aromatic rings. The van der Waals surface area contributed by atoms with Crippen molar-refractivity contribution in [3.63, 3.8) is 0 Å². The maximum Gasteiger partial charge on any atom is 0.268 e. The zero-order chi connectivity index (χ0) is 15.1. The van der Waals surface area contributed by atoms with Crippen LogP contribution >= 0.6 is 0 Å². The van der Waals surface area contributed by atoms with Crippen molar-refractivity contribution in [2.75, 3.05) is 6.54 Å². The predicted molar refractivity (Wildman–Crippen MR) is 86.6 cm³/mol. The minimum absolute atomic E-state index is 0.0315. The summed E-state index contributed by atoms with van der Waals surface area (Å²) in [4.78, 5) is 12.6. The van der Waals surface area contributed by atoms with Gasteiger partial charge in [0, 0.05) is 24.8 Å². The summed E-state index contributed by atoms with van der Waals surface area (Å²) in [6.45, 7) is 1.11. The Bertz CT molecular complexity index is 692. The predicted octanol–water partition coefficient (Wildman–Crippen LogP) is 2.17. The summed E-state index contributed by atoms with van der Waals surface area (Å²) in [5.74, 6) is 0.771. The van der Waals surface area contributed by atoms with Crippen LogP contribution in [0.15, 0.2) is 42.5 Å². The quantitative estimate of drug-likeness (QED) is 0.911. The number of carbonyl (C=O) groups excluding carboxylic acids is 1. The molecule has 2 bridgehead atoms. The van der Waals surface area contributed by atoms with E-state index in [0.717, 1.165) is 35.8 Å². The largest absolute Gasteiger partial charge is 0.346 e. The van der Waals surface area contributed by atoms with Crippen LogP contribution < -0.4 is 10.6 Å². The molecule has 3 atom stereocenters. The van der Waals surface area contributed by atoms with Crippen molar-refractivity contribution in [3.8, 4) is 11.3 Å². The van der Waals surface area contributed by atoms with Crippen molar-refractivity contribution in [2.24, 2.45) is 13.0 Å². The van der Waals surface area contributed by atoms with Crippen LogP contribution in [0.3, 0.4) is 0 Å². The monoisotopic (exact) mass is 295 g/mol. The minimum Gasteiger partial charge on any atom is -0.346 e. The molecule has 0 spiro atoms. The van der Waals surface area contributed by atoms with Gasteiger partial charge in [-0.3, -0.25) is 4.79 Å². The van der Waals surface area contributed by atoms with Crippen molar-refractivity contribution in [2.45, 2.75) is 24.9 Å². The summed E-state index contributed by atoms with van der Waals surface area (Å²) in [6, 6.07) is 14.8. The third-order valence-electron chi connectivity index (χ3n) is 5.07. The van der Waals surface area contributed by atoms with Gasteiger partial charge in [0.15, 0.2) is 0 Å². The molecule has 1 saturated heterocycles. The number of aromatic nitrogens is 1. The molecule has 1 aliphatic heterocycles. The number of rotatable bonds is 3. The molecule has 2 fully saturated rings. The number of nitrogens with one attached hydrogen (secondary N) is 2. The Kier molecular flexibility index (Phi) is 3.26. The number of carbonyl (C=O) groups is 1. The number of fused-ring (bicyclic) bond motifs is 2. The Morgan fingerprint density at radius 3 is 2.68 bits per heavy atom. The van der Waals surface area contributed by atoms with Crippen LogP contribution in [0.1, 0.15) is 23.3 Å². The first-order valence-electron chi connectivity index (χ1n) is 7.98. The second-order valence-corrected chi connectivity index (χ2v) is 6.46. The summed E-state index contributed by atoms with van der Waals surface area (Å²) in [5.41, 5.74) is 2.92. The maximum absolute atomic E-state index is 12.6. The van der Waals surface area contributed by atoms with E-state index in [1.807, 2.05) is 41.9 Å². The van der Waals surface area contributed by atoms with Crippen LogP contribution in [0.2, 0.25) is 0 Å². The van der Waals surface area contributed by atoms with Gasteiger partial charge in [-0.1, -0.05) is 30.3 Å². The van der Waals surface area contributed by atoms with E-state index < -0.39 is 0 Å². The molecule has 2 aliphatic rings. The molecule has 114 valence electrons. The van der Waals surface area contributed by atoms with Gasteiger partial charge in [-0.05, 0) is 43.0 Å². The van der Waals surface area contributed by atoms with Gasteiger partial charge in [0.05, 0.1) is 0 Å². The van der Waals surface area contributed by atoms with Gasteiger partial charge < -0.3 is 15.2 Å². The molecule has 1 aromatic heterocycles. The molecular formula is C18H21N3O. The summed E-state index contributed by atoms with van der Waals surface area (Å²) in [5, 5.41) is 6.70. The molecule has 1 amide bonds. The second kappa shape index (κ2) is 5.29. The molecule has 1 aliphatic carbocycles. The standard InChI is InChI=1S/C18H21N3O/c1-21-16(13-5-3-2-4-6-13)7-8-17(21)18(22)20-15-10-12-9-14(15)19-11-12/h2-8,12,14-15,19H,9-11H2,1H3,(H,20,22). The van der Waals surface area contributed by atoms with Crippen LogP contribution in [-0.4, -0.2) is 29.1 Å². The van der Waals surface area contributed by atoms with Gasteiger partial charge in [-0.2, -0.15) is 0 Å². The lowest BCUT2D eigenvalue weighted by Crippen LogP contribution is -2.48. The van der Waals surface area contributed by atoms with E-state index in [4.69, 9.17) is 0 Å². The van der Waals surface area contributed by atoms with E-state index in [2.05, 4.69) is 22.8 Å². The van der Waals surface area contributed by atoms with Crippen LogP contribution in [0.4, 0.5) is 0 Å². The molecular weight excluding hydrogens is 274 g/mol. The van der Waals surface area contributed by atoms with E-state index in [1.54, 1.807) is 0 Å². The highest BCUT2D eigenvalue weighted by molar-refractivity contribution is 5.94. The average molecular weight is 295 g/mol. The highest BCUT2D eigenvalue weighted by atomic mass is 16.2. The van der Waals surface area contributed by atoms with E-state index >= 15 is 0 Å². The Balaban J connectivity index is 1.53. The second-order valence-electron chi connectivity index (χ2n) is 6.46. The lowest BCUT2D eigenvalue weighted by atomic mass is 10.1. The molecule has 0 radical (unpaired) electrons. The number of hydrogen-bond donors (Lipinski definition) is 2. The molecule has 4 nitrogen and oxygen atoms in total. The van der Waals surface area contributed by atoms with Gasteiger partial charge in [-0.15, -0.1) is 0 Å². The molecule has 2 heterocycles. The minimum atomic E-state index is 0.0315. The first kappa shape index (κ1) is 13.6. The van der Waals surface area contributed by atoms with Crippen LogP contribution in [-0.2, 0) is 7.05 Å². The third kappa shape index (κ3) is 2.24. The summed E-state index contributed by atoms with van der Waals surface area (Å²) in [6.07, 6.45) is 2.31. The van der Waals surface area contributed by atoms with Gasteiger partial charge in [0.1, 0.15) is 5.69 Å². The first-order chi connectivity index (χ1) is 10.7. The number of hydrogen-bond acceptors (Lipinski definition) is 2. The van der Waals surface area contributed by atoms with Crippen molar-refractivity contribution < 1.29 is 4.79 Å². The van der Waals surface area contributed by atoms with E-state index in [1.165, 1.54) is 6.42 Å². The van der Waals surface area contributed by atoms with Crippen LogP contribution in [0, 0.1) is 5.92 Å². The molecule has 1 saturated carbocycles. The fraction of sp³-hybridized carbons (Fsp3) is 0.389. The summed E-state index contributed by atoms with van der Waals surface area (Å²) in [7, 11) is 1.95. The fourth-order valence-corrected chi connectivity index (χ4v) is 3.89. The number of piperidine rings is 1. The smallest absolute Gasteiger partial charge is 0.268 e. The highest BCUT2D eigenvalue weighted by Crippen LogP contribution is 2.31. The van der Waals surface area contributed by atoms with E-state index in [-0.39, 0.29) is 11.9 Å². The Hall–Kier alpha value is -2.07. The molecule has 3 unspecified atom stereocenters. The van der Waals surface area contributed by atoms with Crippen molar-refractivity contribution in [1.82, 2.24) is 15.2 Å². The average Bonchev–Trinajstić information content (AvgIpc) is 3.23. The third-order valence-corrected chi connectivity index (χ3v) is 5.07. The molecule has 4 rings (SSSR count). The Labute approximate surface area is 130 Å². The van der Waals surface area contributed by atoms with Crippen LogP contribution in [0.5, 0.6) is 0 Å². The van der Waals surface area contributed by atoms with Crippen molar-refractivity contribution in [1.29, 1.82) is 0 Å². The summed E-state index contributed by atoms with van der Waals surface area (Å²) >= 11 is 0. The van der Waals surface area contributed by atoms with Gasteiger partial charge in [0.25, 0.3) is 5.91 Å². The summed E-state index contributed by atoms with van der Waals surface area (Å²) < 4.78 is 1.98. The van der Waals surface area contributed by atoms with Crippen LogP contribution in [0.25, 0.3) is 11.3 Å². The number of benzene rings is 1. The highest BCUT2D eigenvalue weighted by Gasteiger charge is 2.40. The molecule has 22 heavy (non-hydrogen) atoms. The maximum atomic E-state index is 12.6. The normalized spacial score (nSPS) is 26.3. The number of amides is 1. The van der Waals surface area contributed by atoms with E-state index in [9.17, 15) is 4.79 Å². The zero-order valence-electron chi connectivity index (χ0n) is 12.8. The van der Waals surface area contributed by atoms with E-state index in [0.29, 0.717) is 6.04 Å².